The van der Waals surface area contributed by atoms with Crippen LogP contribution in [0.25, 0.3) is 0 Å². The predicted molar refractivity (Wildman–Crippen MR) is 171 cm³/mol. The van der Waals surface area contributed by atoms with Gasteiger partial charge in [0.1, 0.15) is 0 Å². The molecular weight excluding hydrogens is 480 g/mol. The smallest absolute Gasteiger partial charge is 0.00784 e. The van der Waals surface area contributed by atoms with E-state index in [-0.39, 0.29) is 0 Å². The summed E-state index contributed by atoms with van der Waals surface area (Å²) in [6.07, 6.45) is 44.6. The van der Waals surface area contributed by atoms with Crippen LogP contribution in [-0.4, -0.2) is 0 Å². The molecule has 0 aliphatic heterocycles. The lowest BCUT2D eigenvalue weighted by Crippen LogP contribution is -2.47. The Morgan fingerprint density at radius 2 is 1.25 bits per heavy atom. The van der Waals surface area contributed by atoms with Gasteiger partial charge in [-0.2, -0.15) is 0 Å². The first kappa shape index (κ1) is 27.5. The van der Waals surface area contributed by atoms with E-state index < -0.39 is 0 Å². The van der Waals surface area contributed by atoms with Gasteiger partial charge in [0.2, 0.25) is 0 Å². The van der Waals surface area contributed by atoms with Gasteiger partial charge in [0.15, 0.2) is 0 Å². The van der Waals surface area contributed by atoms with Gasteiger partial charge in [0.25, 0.3) is 0 Å². The molecule has 7 aliphatic rings. The van der Waals surface area contributed by atoms with Gasteiger partial charge in [-0.05, 0) is 133 Å². The molecule has 0 heterocycles. The summed E-state index contributed by atoms with van der Waals surface area (Å²) in [4.78, 5) is 0. The Hall–Kier alpha value is -1.30. The maximum absolute atomic E-state index is 4.05. The summed E-state index contributed by atoms with van der Waals surface area (Å²) in [5.41, 5.74) is 4.88. The van der Waals surface area contributed by atoms with Crippen LogP contribution in [0.5, 0.6) is 0 Å². The third-order valence-corrected chi connectivity index (χ3v) is 14.3. The standard InChI is InChI=1S/C40H58/c1-4-5-13-29-14-15-32(26-29)40(24-12-25-40)37-35-27-30(38(2)20-8-6-9-21-38)16-18-33(35)34-19-17-31(28-36(34)37)39(3)22-10-7-11-23-39/h4,16-19,27-29,32-37H,1,5-15,20-26H2,2-3H3. The number of hydrogen-bond acceptors (Lipinski definition) is 0. The Labute approximate surface area is 246 Å². The minimum Gasteiger partial charge on any atom is -0.103 e. The molecule has 0 nitrogen and oxygen atoms in total. The predicted octanol–water partition coefficient (Wildman–Crippen LogP) is 11.6. The van der Waals surface area contributed by atoms with Crippen molar-refractivity contribution in [2.75, 3.05) is 0 Å². The van der Waals surface area contributed by atoms with Crippen LogP contribution < -0.4 is 0 Å². The van der Waals surface area contributed by atoms with Crippen molar-refractivity contribution in [3.8, 4) is 0 Å². The minimum absolute atomic E-state index is 0.417. The molecule has 0 aromatic carbocycles. The van der Waals surface area contributed by atoms with Crippen LogP contribution in [0, 0.1) is 57.7 Å². The fraction of sp³-hybridized carbons (Fsp3) is 0.750. The van der Waals surface area contributed by atoms with E-state index in [9.17, 15) is 0 Å². The highest BCUT2D eigenvalue weighted by Crippen LogP contribution is 2.69. The average Bonchev–Trinajstić information content (AvgIpc) is 3.55. The van der Waals surface area contributed by atoms with Gasteiger partial charge >= 0.3 is 0 Å². The van der Waals surface area contributed by atoms with E-state index in [4.69, 9.17) is 0 Å². The Morgan fingerprint density at radius 1 is 0.700 bits per heavy atom. The van der Waals surface area contributed by atoms with Gasteiger partial charge in [0.05, 0.1) is 0 Å². The van der Waals surface area contributed by atoms with Crippen molar-refractivity contribution in [1.29, 1.82) is 0 Å². The highest BCUT2D eigenvalue weighted by Gasteiger charge is 2.61. The van der Waals surface area contributed by atoms with Crippen molar-refractivity contribution in [1.82, 2.24) is 0 Å². The molecule has 0 heteroatoms. The highest BCUT2D eigenvalue weighted by atomic mass is 14.7. The molecule has 5 saturated carbocycles. The summed E-state index contributed by atoms with van der Waals surface area (Å²) in [6, 6.07) is 0. The Morgan fingerprint density at radius 3 is 1.73 bits per heavy atom. The van der Waals surface area contributed by atoms with E-state index in [1.165, 1.54) is 116 Å². The fourth-order valence-electron chi connectivity index (χ4n) is 11.8. The summed E-state index contributed by atoms with van der Waals surface area (Å²) in [5.74, 6) is 5.69. The van der Waals surface area contributed by atoms with Crippen molar-refractivity contribution in [3.05, 3.63) is 60.3 Å². The van der Waals surface area contributed by atoms with Crippen LogP contribution in [-0.2, 0) is 0 Å². The molecule has 6 unspecified atom stereocenters. The van der Waals surface area contributed by atoms with Crippen molar-refractivity contribution >= 4 is 0 Å². The van der Waals surface area contributed by atoms with Crippen LogP contribution in [0.3, 0.4) is 0 Å². The van der Waals surface area contributed by atoms with Crippen LogP contribution in [0.4, 0.5) is 0 Å². The molecule has 40 heavy (non-hydrogen) atoms. The zero-order valence-electron chi connectivity index (χ0n) is 26.0. The number of fused-ring (bicyclic) bond motifs is 3. The van der Waals surface area contributed by atoms with Crippen LogP contribution in [0.2, 0.25) is 0 Å². The molecular formula is C40H58. The fourth-order valence-corrected chi connectivity index (χ4v) is 11.8. The summed E-state index contributed by atoms with van der Waals surface area (Å²) in [6.45, 7) is 9.27. The zero-order chi connectivity index (χ0) is 27.4. The second-order valence-electron chi connectivity index (χ2n) is 16.4. The van der Waals surface area contributed by atoms with Gasteiger partial charge in [-0.3, -0.25) is 0 Å². The molecule has 0 radical (unpaired) electrons. The van der Waals surface area contributed by atoms with E-state index in [1.54, 1.807) is 11.1 Å². The van der Waals surface area contributed by atoms with Gasteiger partial charge in [-0.1, -0.05) is 108 Å². The van der Waals surface area contributed by atoms with E-state index >= 15 is 0 Å². The normalized spacial score (nSPS) is 40.9. The molecule has 0 bridgehead atoms. The second-order valence-corrected chi connectivity index (χ2v) is 16.4. The quantitative estimate of drug-likeness (QED) is 0.283. The highest BCUT2D eigenvalue weighted by molar-refractivity contribution is 5.41. The molecule has 218 valence electrons. The third-order valence-electron chi connectivity index (χ3n) is 14.3. The number of rotatable bonds is 7. The van der Waals surface area contributed by atoms with Gasteiger partial charge < -0.3 is 0 Å². The Bertz CT molecular complexity index is 999. The zero-order valence-corrected chi connectivity index (χ0v) is 26.0. The first-order chi connectivity index (χ1) is 19.5. The molecule has 0 N–H and O–H groups in total. The molecule has 0 saturated heterocycles. The monoisotopic (exact) mass is 538 g/mol. The first-order valence-electron chi connectivity index (χ1n) is 17.9. The molecule has 7 rings (SSSR count). The third kappa shape index (κ3) is 4.52. The lowest BCUT2D eigenvalue weighted by Gasteiger charge is -2.55. The minimum atomic E-state index is 0.417. The van der Waals surface area contributed by atoms with Crippen molar-refractivity contribution in [2.24, 2.45) is 57.7 Å². The summed E-state index contributed by atoms with van der Waals surface area (Å²) in [7, 11) is 0. The van der Waals surface area contributed by atoms with Gasteiger partial charge in [-0.25, -0.2) is 0 Å². The second kappa shape index (κ2) is 10.8. The maximum atomic E-state index is 4.05. The molecule has 0 spiro atoms. The Kier molecular flexibility index (Phi) is 7.40. The van der Waals surface area contributed by atoms with E-state index in [2.05, 4.69) is 63.0 Å². The number of allylic oxidation sites excluding steroid dienone is 9. The molecule has 6 atom stereocenters. The molecule has 5 fully saturated rings. The van der Waals surface area contributed by atoms with E-state index in [1.807, 2.05) is 0 Å². The SMILES string of the molecule is C=CCCC1CCC(C2(C3C4C=C(C5(C)CCCCC5)C=CC4C4C=CC(C5(C)CCCCC5)=CC43)CCC2)C1. The topological polar surface area (TPSA) is 0 Å². The summed E-state index contributed by atoms with van der Waals surface area (Å²) in [5, 5.41) is 0. The van der Waals surface area contributed by atoms with Gasteiger partial charge in [-0.15, -0.1) is 6.58 Å². The van der Waals surface area contributed by atoms with Crippen LogP contribution in [0.15, 0.2) is 60.3 Å². The largest absolute Gasteiger partial charge is 0.103 e. The molecule has 7 aliphatic carbocycles. The van der Waals surface area contributed by atoms with Gasteiger partial charge in [0, 0.05) is 0 Å². The van der Waals surface area contributed by atoms with Crippen molar-refractivity contribution < 1.29 is 0 Å². The lowest BCUT2D eigenvalue weighted by atomic mass is 9.49. The first-order valence-corrected chi connectivity index (χ1v) is 17.9. The summed E-state index contributed by atoms with van der Waals surface area (Å²) >= 11 is 0. The average molecular weight is 539 g/mol. The van der Waals surface area contributed by atoms with Crippen molar-refractivity contribution in [3.63, 3.8) is 0 Å². The molecule has 0 amide bonds. The summed E-state index contributed by atoms with van der Waals surface area (Å²) < 4.78 is 0. The number of hydrogen-bond donors (Lipinski definition) is 0. The van der Waals surface area contributed by atoms with Crippen molar-refractivity contribution in [2.45, 2.75) is 129 Å². The van der Waals surface area contributed by atoms with E-state index in [0.717, 1.165) is 41.4 Å². The van der Waals surface area contributed by atoms with E-state index in [0.29, 0.717) is 16.2 Å². The lowest BCUT2D eigenvalue weighted by molar-refractivity contribution is -0.0436. The maximum Gasteiger partial charge on any atom is -0.00784 e. The van der Waals surface area contributed by atoms with Crippen LogP contribution >= 0.6 is 0 Å². The van der Waals surface area contributed by atoms with Crippen LogP contribution in [0.1, 0.15) is 129 Å². The Balaban J connectivity index is 1.26. The molecule has 0 aromatic rings. The molecule has 0 aromatic heterocycles.